The molecule has 1 spiro atoms. The van der Waals surface area contributed by atoms with Crippen LogP contribution in [0.2, 0.25) is 0 Å². The molecule has 0 saturated carbocycles. The molecular weight excluding hydrogens is 228 g/mol. The van der Waals surface area contributed by atoms with Gasteiger partial charge in [-0.2, -0.15) is 0 Å². The van der Waals surface area contributed by atoms with Crippen molar-refractivity contribution >= 4 is 0 Å². The zero-order valence-electron chi connectivity index (χ0n) is 10.6. The van der Waals surface area contributed by atoms with Gasteiger partial charge in [0.1, 0.15) is 6.10 Å². The number of ether oxygens (including phenoxy) is 2. The number of nitrogens with one attached hydrogen (secondary N) is 1. The number of nitrogens with zero attached hydrogens (tertiary/aromatic N) is 1. The second-order valence-corrected chi connectivity index (χ2v) is 5.18. The lowest BCUT2D eigenvalue weighted by Gasteiger charge is -2.43. The van der Waals surface area contributed by atoms with Gasteiger partial charge in [0.05, 0.1) is 12.2 Å². The van der Waals surface area contributed by atoms with E-state index in [1.165, 1.54) is 0 Å². The number of hydrogen-bond donors (Lipinski definition) is 1. The van der Waals surface area contributed by atoms with Crippen LogP contribution in [-0.4, -0.2) is 36.4 Å². The second-order valence-electron chi connectivity index (χ2n) is 5.18. The van der Waals surface area contributed by atoms with Crippen molar-refractivity contribution in [3.8, 4) is 5.88 Å². The molecule has 1 unspecified atom stereocenters. The van der Waals surface area contributed by atoms with E-state index in [2.05, 4.69) is 10.3 Å². The summed E-state index contributed by atoms with van der Waals surface area (Å²) in [7, 11) is 0. The zero-order valence-corrected chi connectivity index (χ0v) is 10.6. The van der Waals surface area contributed by atoms with Crippen LogP contribution in [0.4, 0.5) is 0 Å². The summed E-state index contributed by atoms with van der Waals surface area (Å²) in [5, 5.41) is 3.39. The topological polar surface area (TPSA) is 43.4 Å². The molecule has 18 heavy (non-hydrogen) atoms. The van der Waals surface area contributed by atoms with Crippen molar-refractivity contribution in [1.82, 2.24) is 10.3 Å². The Labute approximate surface area is 108 Å². The molecule has 1 atom stereocenters. The average molecular weight is 248 g/mol. The number of pyridine rings is 1. The molecule has 3 rings (SSSR count). The van der Waals surface area contributed by atoms with Crippen LogP contribution in [0.15, 0.2) is 24.4 Å². The quantitative estimate of drug-likeness (QED) is 0.866. The van der Waals surface area contributed by atoms with E-state index in [1.54, 1.807) is 6.20 Å². The van der Waals surface area contributed by atoms with Gasteiger partial charge in [0.25, 0.3) is 0 Å². The summed E-state index contributed by atoms with van der Waals surface area (Å²) in [5.41, 5.74) is 0.0446. The van der Waals surface area contributed by atoms with Crippen LogP contribution in [0.5, 0.6) is 5.88 Å². The highest BCUT2D eigenvalue weighted by atomic mass is 16.5. The van der Waals surface area contributed by atoms with Crippen molar-refractivity contribution in [2.75, 3.05) is 19.7 Å². The van der Waals surface area contributed by atoms with Crippen LogP contribution < -0.4 is 10.1 Å². The molecule has 98 valence electrons. The van der Waals surface area contributed by atoms with Gasteiger partial charge in [-0.3, -0.25) is 0 Å². The van der Waals surface area contributed by atoms with Crippen LogP contribution >= 0.6 is 0 Å². The molecule has 1 aromatic rings. The molecular formula is C14H20N2O2. The first-order chi connectivity index (χ1) is 8.86. The molecule has 0 radical (unpaired) electrons. The summed E-state index contributed by atoms with van der Waals surface area (Å²) in [6, 6.07) is 5.79. The Hall–Kier alpha value is -1.13. The van der Waals surface area contributed by atoms with Gasteiger partial charge in [-0.1, -0.05) is 6.07 Å². The van der Waals surface area contributed by atoms with Crippen LogP contribution in [0, 0.1) is 0 Å². The minimum atomic E-state index is 0.0446. The van der Waals surface area contributed by atoms with Gasteiger partial charge >= 0.3 is 0 Å². The maximum absolute atomic E-state index is 6.03. The van der Waals surface area contributed by atoms with Gasteiger partial charge in [-0.25, -0.2) is 4.98 Å². The van der Waals surface area contributed by atoms with Gasteiger partial charge in [-0.15, -0.1) is 0 Å². The number of hydrogen-bond acceptors (Lipinski definition) is 4. The Kier molecular flexibility index (Phi) is 3.48. The van der Waals surface area contributed by atoms with E-state index < -0.39 is 0 Å². The highest BCUT2D eigenvalue weighted by Crippen LogP contribution is 2.34. The first-order valence-corrected chi connectivity index (χ1v) is 6.79. The van der Waals surface area contributed by atoms with Crippen LogP contribution in [0.3, 0.4) is 0 Å². The third kappa shape index (κ3) is 2.65. The largest absolute Gasteiger partial charge is 0.474 e. The first-order valence-electron chi connectivity index (χ1n) is 6.79. The van der Waals surface area contributed by atoms with Gasteiger partial charge in [0, 0.05) is 25.1 Å². The lowest BCUT2D eigenvalue weighted by atomic mass is 9.84. The van der Waals surface area contributed by atoms with Crippen molar-refractivity contribution in [3.63, 3.8) is 0 Å². The minimum absolute atomic E-state index is 0.0446. The molecule has 4 heteroatoms. The standard InChI is InChI=1S/C14H20N2O2/c1-2-7-16-13(3-1)18-12-4-10-17-14(11-12)5-8-15-9-6-14/h1-3,7,12,15H,4-6,8-11H2. The summed E-state index contributed by atoms with van der Waals surface area (Å²) in [4.78, 5) is 4.23. The Morgan fingerprint density at radius 1 is 1.33 bits per heavy atom. The highest BCUT2D eigenvalue weighted by Gasteiger charge is 2.39. The third-order valence-corrected chi connectivity index (χ3v) is 3.89. The molecule has 0 amide bonds. The maximum Gasteiger partial charge on any atom is 0.213 e. The number of piperidine rings is 1. The summed E-state index contributed by atoms with van der Waals surface area (Å²) >= 11 is 0. The molecule has 2 fully saturated rings. The van der Waals surface area contributed by atoms with Crippen molar-refractivity contribution in [3.05, 3.63) is 24.4 Å². The summed E-state index contributed by atoms with van der Waals surface area (Å²) < 4.78 is 12.0. The first kappa shape index (κ1) is 11.9. The summed E-state index contributed by atoms with van der Waals surface area (Å²) in [6.45, 7) is 2.91. The molecule has 2 saturated heterocycles. The molecule has 0 bridgehead atoms. The van der Waals surface area contributed by atoms with Crippen LogP contribution in [0.25, 0.3) is 0 Å². The smallest absolute Gasteiger partial charge is 0.213 e. The van der Waals surface area contributed by atoms with Crippen LogP contribution in [0.1, 0.15) is 25.7 Å². The van der Waals surface area contributed by atoms with Crippen molar-refractivity contribution in [2.45, 2.75) is 37.4 Å². The van der Waals surface area contributed by atoms with E-state index in [0.717, 1.165) is 51.3 Å². The zero-order chi connectivity index (χ0) is 12.3. The Morgan fingerprint density at radius 2 is 2.22 bits per heavy atom. The highest BCUT2D eigenvalue weighted by molar-refractivity contribution is 5.10. The van der Waals surface area contributed by atoms with E-state index in [9.17, 15) is 0 Å². The van der Waals surface area contributed by atoms with Gasteiger partial charge in [0.2, 0.25) is 5.88 Å². The fourth-order valence-electron chi connectivity index (χ4n) is 2.90. The molecule has 3 heterocycles. The average Bonchev–Trinajstić information content (AvgIpc) is 2.41. The van der Waals surface area contributed by atoms with E-state index >= 15 is 0 Å². The van der Waals surface area contributed by atoms with Gasteiger partial charge in [-0.05, 0) is 32.0 Å². The Morgan fingerprint density at radius 3 is 3.00 bits per heavy atom. The molecule has 4 nitrogen and oxygen atoms in total. The number of rotatable bonds is 2. The van der Waals surface area contributed by atoms with Crippen molar-refractivity contribution in [1.29, 1.82) is 0 Å². The molecule has 0 aliphatic carbocycles. The van der Waals surface area contributed by atoms with Crippen molar-refractivity contribution < 1.29 is 9.47 Å². The normalized spacial score (nSPS) is 27.0. The van der Waals surface area contributed by atoms with Crippen LogP contribution in [-0.2, 0) is 4.74 Å². The van der Waals surface area contributed by atoms with E-state index in [-0.39, 0.29) is 11.7 Å². The fraction of sp³-hybridized carbons (Fsp3) is 0.643. The van der Waals surface area contributed by atoms with E-state index in [0.29, 0.717) is 0 Å². The fourth-order valence-corrected chi connectivity index (χ4v) is 2.90. The Balaban J connectivity index is 1.63. The predicted octanol–water partition coefficient (Wildman–Crippen LogP) is 1.76. The molecule has 1 aromatic heterocycles. The minimum Gasteiger partial charge on any atom is -0.474 e. The monoisotopic (exact) mass is 248 g/mol. The van der Waals surface area contributed by atoms with Crippen molar-refractivity contribution in [2.24, 2.45) is 0 Å². The molecule has 0 aromatic carbocycles. The lowest BCUT2D eigenvalue weighted by Crippen LogP contribution is -2.50. The summed E-state index contributed by atoms with van der Waals surface area (Å²) in [6.07, 6.45) is 6.16. The molecule has 2 aliphatic rings. The van der Waals surface area contributed by atoms with Gasteiger partial charge < -0.3 is 14.8 Å². The van der Waals surface area contributed by atoms with E-state index in [1.807, 2.05) is 18.2 Å². The lowest BCUT2D eigenvalue weighted by molar-refractivity contribution is -0.126. The molecule has 2 aliphatic heterocycles. The third-order valence-electron chi connectivity index (χ3n) is 3.89. The van der Waals surface area contributed by atoms with Gasteiger partial charge in [0.15, 0.2) is 0 Å². The second kappa shape index (κ2) is 5.24. The van der Waals surface area contributed by atoms with E-state index in [4.69, 9.17) is 9.47 Å². The summed E-state index contributed by atoms with van der Waals surface area (Å²) in [5.74, 6) is 0.730. The number of aromatic nitrogens is 1. The SMILES string of the molecule is c1ccc(OC2CCOC3(CCNCC3)C2)nc1. The maximum atomic E-state index is 6.03. The predicted molar refractivity (Wildman–Crippen MR) is 68.7 cm³/mol. The molecule has 1 N–H and O–H groups in total. The Bertz CT molecular complexity index is 371.